The summed E-state index contributed by atoms with van der Waals surface area (Å²) in [7, 11) is 1.64. The van der Waals surface area contributed by atoms with Gasteiger partial charge in [0.1, 0.15) is 5.75 Å². The van der Waals surface area contributed by atoms with Crippen molar-refractivity contribution in [1.29, 1.82) is 0 Å². The Kier molecular flexibility index (Phi) is 4.46. The third kappa shape index (κ3) is 3.49. The molecule has 2 aromatic carbocycles. The molecule has 0 radical (unpaired) electrons. The number of ether oxygens (including phenoxy) is 1. The summed E-state index contributed by atoms with van der Waals surface area (Å²) in [6.07, 6.45) is 0.00912. The van der Waals surface area contributed by atoms with E-state index in [2.05, 4.69) is 0 Å². The number of aliphatic hydroxyl groups is 1. The second kappa shape index (κ2) is 6.09. The number of aliphatic hydroxyl groups excluding tert-OH is 1. The van der Waals surface area contributed by atoms with Crippen LogP contribution in [0.2, 0.25) is 5.02 Å². The molecule has 0 aliphatic heterocycles. The van der Waals surface area contributed by atoms with Crippen LogP contribution in [-0.4, -0.2) is 12.2 Å². The minimum Gasteiger partial charge on any atom is -0.496 e. The molecule has 0 aliphatic rings. The van der Waals surface area contributed by atoms with Gasteiger partial charge < -0.3 is 9.84 Å². The summed E-state index contributed by atoms with van der Waals surface area (Å²) in [5.74, 6) is 0.832. The Morgan fingerprint density at radius 2 is 2.00 bits per heavy atom. The van der Waals surface area contributed by atoms with E-state index in [9.17, 15) is 5.11 Å². The highest BCUT2D eigenvalue weighted by atomic mass is 35.5. The maximum atomic E-state index is 10.3. The molecule has 0 spiro atoms. The van der Waals surface area contributed by atoms with Gasteiger partial charge in [-0.25, -0.2) is 0 Å². The van der Waals surface area contributed by atoms with Crippen LogP contribution in [0, 0.1) is 6.92 Å². The molecule has 0 bridgehead atoms. The molecule has 19 heavy (non-hydrogen) atoms. The van der Waals surface area contributed by atoms with Gasteiger partial charge in [0.25, 0.3) is 0 Å². The molecular formula is C16H17ClO2. The molecule has 0 fully saturated rings. The van der Waals surface area contributed by atoms with Crippen LogP contribution in [-0.2, 0) is 6.42 Å². The van der Waals surface area contributed by atoms with Crippen LogP contribution >= 0.6 is 11.6 Å². The third-order valence-electron chi connectivity index (χ3n) is 3.12. The largest absolute Gasteiger partial charge is 0.496 e. The first-order valence-electron chi connectivity index (χ1n) is 6.17. The minimum absolute atomic E-state index is 0.539. The van der Waals surface area contributed by atoms with Crippen LogP contribution in [0.15, 0.2) is 42.5 Å². The molecule has 0 heterocycles. The topological polar surface area (TPSA) is 29.5 Å². The fourth-order valence-electron chi connectivity index (χ4n) is 2.11. The molecule has 0 saturated heterocycles. The van der Waals surface area contributed by atoms with Crippen molar-refractivity contribution in [1.82, 2.24) is 0 Å². The zero-order valence-electron chi connectivity index (χ0n) is 11.1. The fourth-order valence-corrected chi connectivity index (χ4v) is 2.33. The predicted octanol–water partition coefficient (Wildman–Crippen LogP) is 3.93. The highest BCUT2D eigenvalue weighted by molar-refractivity contribution is 6.30. The Morgan fingerprint density at radius 1 is 1.21 bits per heavy atom. The smallest absolute Gasteiger partial charge is 0.121 e. The number of halogens is 1. The second-order valence-electron chi connectivity index (χ2n) is 4.58. The van der Waals surface area contributed by atoms with E-state index in [1.807, 2.05) is 49.4 Å². The highest BCUT2D eigenvalue weighted by Crippen LogP contribution is 2.25. The van der Waals surface area contributed by atoms with Gasteiger partial charge in [0, 0.05) is 11.4 Å². The Hall–Kier alpha value is -1.51. The number of hydrogen-bond acceptors (Lipinski definition) is 2. The first-order chi connectivity index (χ1) is 9.10. The van der Waals surface area contributed by atoms with Crippen molar-refractivity contribution < 1.29 is 9.84 Å². The van der Waals surface area contributed by atoms with Gasteiger partial charge in [0.15, 0.2) is 0 Å². The van der Waals surface area contributed by atoms with Crippen LogP contribution in [0.1, 0.15) is 22.8 Å². The van der Waals surface area contributed by atoms with E-state index in [1.54, 1.807) is 7.11 Å². The quantitative estimate of drug-likeness (QED) is 0.917. The van der Waals surface area contributed by atoms with Crippen LogP contribution in [0.3, 0.4) is 0 Å². The van der Waals surface area contributed by atoms with Crippen molar-refractivity contribution in [2.45, 2.75) is 19.4 Å². The summed E-state index contributed by atoms with van der Waals surface area (Å²) < 4.78 is 5.21. The number of benzene rings is 2. The van der Waals surface area contributed by atoms with Crippen LogP contribution in [0.5, 0.6) is 5.75 Å². The van der Waals surface area contributed by atoms with Crippen molar-refractivity contribution in [2.24, 2.45) is 0 Å². The minimum atomic E-state index is -0.539. The van der Waals surface area contributed by atoms with Gasteiger partial charge >= 0.3 is 0 Å². The number of hydrogen-bond donors (Lipinski definition) is 1. The third-order valence-corrected chi connectivity index (χ3v) is 3.36. The van der Waals surface area contributed by atoms with E-state index >= 15 is 0 Å². The lowest BCUT2D eigenvalue weighted by Gasteiger charge is -2.13. The second-order valence-corrected chi connectivity index (χ2v) is 5.02. The summed E-state index contributed by atoms with van der Waals surface area (Å²) >= 11 is 5.94. The molecule has 1 atom stereocenters. The lowest BCUT2D eigenvalue weighted by Crippen LogP contribution is -2.02. The Bertz CT molecular complexity index is 566. The zero-order valence-corrected chi connectivity index (χ0v) is 11.8. The molecule has 1 N–H and O–H groups in total. The van der Waals surface area contributed by atoms with Gasteiger partial charge in [-0.2, -0.15) is 0 Å². The van der Waals surface area contributed by atoms with E-state index in [1.165, 1.54) is 0 Å². The Labute approximate surface area is 118 Å². The molecular weight excluding hydrogens is 260 g/mol. The number of aryl methyl sites for hydroxylation is 1. The number of rotatable bonds is 4. The van der Waals surface area contributed by atoms with Gasteiger partial charge in [0.2, 0.25) is 0 Å². The summed E-state index contributed by atoms with van der Waals surface area (Å²) in [5.41, 5.74) is 2.93. The maximum absolute atomic E-state index is 10.3. The summed E-state index contributed by atoms with van der Waals surface area (Å²) in [6.45, 7) is 1.97. The van der Waals surface area contributed by atoms with Gasteiger partial charge in [-0.05, 0) is 47.9 Å². The van der Waals surface area contributed by atoms with E-state index in [4.69, 9.17) is 16.3 Å². The van der Waals surface area contributed by atoms with E-state index in [0.717, 1.165) is 22.4 Å². The van der Waals surface area contributed by atoms with Crippen LogP contribution in [0.25, 0.3) is 0 Å². The van der Waals surface area contributed by atoms with Crippen LogP contribution < -0.4 is 4.74 Å². The Balaban J connectivity index is 2.15. The molecule has 3 heteroatoms. The Morgan fingerprint density at radius 3 is 2.63 bits per heavy atom. The molecule has 0 aliphatic carbocycles. The molecule has 100 valence electrons. The fraction of sp³-hybridized carbons (Fsp3) is 0.250. The van der Waals surface area contributed by atoms with Gasteiger partial charge in [-0.1, -0.05) is 29.8 Å². The monoisotopic (exact) mass is 276 g/mol. The lowest BCUT2D eigenvalue weighted by atomic mass is 10.00. The molecule has 0 amide bonds. The number of methoxy groups -OCH3 is 1. The van der Waals surface area contributed by atoms with E-state index in [-0.39, 0.29) is 0 Å². The van der Waals surface area contributed by atoms with Gasteiger partial charge in [-0.3, -0.25) is 0 Å². The van der Waals surface area contributed by atoms with Crippen LogP contribution in [0.4, 0.5) is 0 Å². The van der Waals surface area contributed by atoms with Crippen molar-refractivity contribution in [3.63, 3.8) is 0 Å². The first-order valence-corrected chi connectivity index (χ1v) is 6.55. The SMILES string of the molecule is COc1ccc(C(O)Cc2cccc(Cl)c2)cc1C. The molecule has 2 aromatic rings. The average molecular weight is 277 g/mol. The molecule has 0 aromatic heterocycles. The zero-order chi connectivity index (χ0) is 13.8. The maximum Gasteiger partial charge on any atom is 0.121 e. The highest BCUT2D eigenvalue weighted by Gasteiger charge is 2.10. The standard InChI is InChI=1S/C16H17ClO2/c1-11-8-13(6-7-16(11)19-2)15(18)10-12-4-3-5-14(17)9-12/h3-9,15,18H,10H2,1-2H3. The summed E-state index contributed by atoms with van der Waals surface area (Å²) in [5, 5.41) is 11.0. The molecule has 0 saturated carbocycles. The predicted molar refractivity (Wildman–Crippen MR) is 77.8 cm³/mol. The normalized spacial score (nSPS) is 12.2. The molecule has 2 rings (SSSR count). The molecule has 2 nitrogen and oxygen atoms in total. The summed E-state index contributed by atoms with van der Waals surface area (Å²) in [4.78, 5) is 0. The first kappa shape index (κ1) is 13.9. The summed E-state index contributed by atoms with van der Waals surface area (Å²) in [6, 6.07) is 13.3. The van der Waals surface area contributed by atoms with Crippen molar-refractivity contribution in [3.8, 4) is 5.75 Å². The van der Waals surface area contributed by atoms with Crippen molar-refractivity contribution in [3.05, 3.63) is 64.2 Å². The van der Waals surface area contributed by atoms with E-state index < -0.39 is 6.10 Å². The molecule has 1 unspecified atom stereocenters. The van der Waals surface area contributed by atoms with Gasteiger partial charge in [-0.15, -0.1) is 0 Å². The lowest BCUT2D eigenvalue weighted by molar-refractivity contribution is 0.178. The van der Waals surface area contributed by atoms with Crippen molar-refractivity contribution >= 4 is 11.6 Å². The van der Waals surface area contributed by atoms with Crippen molar-refractivity contribution in [2.75, 3.05) is 7.11 Å². The van der Waals surface area contributed by atoms with Gasteiger partial charge in [0.05, 0.1) is 13.2 Å². The van der Waals surface area contributed by atoms with E-state index in [0.29, 0.717) is 11.4 Å². The average Bonchev–Trinajstić information content (AvgIpc) is 2.38.